The van der Waals surface area contributed by atoms with E-state index in [0.29, 0.717) is 11.8 Å². The van der Waals surface area contributed by atoms with Crippen LogP contribution in [0.1, 0.15) is 10.4 Å². The normalized spacial score (nSPS) is 10.6. The molecule has 0 aliphatic rings. The molecule has 120 valence electrons. The van der Waals surface area contributed by atoms with Crippen molar-refractivity contribution in [2.75, 3.05) is 5.32 Å². The summed E-state index contributed by atoms with van der Waals surface area (Å²) in [5.74, 6) is -3.25. The summed E-state index contributed by atoms with van der Waals surface area (Å²) >= 11 is 3.33. The molecule has 1 N–H and O–H groups in total. The molecular weight excluding hydrogens is 394 g/mol. The summed E-state index contributed by atoms with van der Waals surface area (Å²) in [6, 6.07) is 10.00. The van der Waals surface area contributed by atoms with E-state index in [0.717, 1.165) is 6.07 Å². The third kappa shape index (κ3) is 4.49. The topological polar surface area (TPSA) is 72.2 Å². The first-order valence-electron chi connectivity index (χ1n) is 6.17. The number of nitro benzene ring substituents is 1. The lowest BCUT2D eigenvalue weighted by atomic mass is 10.2. The first kappa shape index (κ1) is 17.4. The Hall–Kier alpha value is -2.00. The van der Waals surface area contributed by atoms with Gasteiger partial charge in [-0.3, -0.25) is 14.9 Å². The number of carbonyl (C=O) groups is 1. The highest BCUT2D eigenvalue weighted by molar-refractivity contribution is 9.10. The van der Waals surface area contributed by atoms with Crippen molar-refractivity contribution in [2.24, 2.45) is 0 Å². The Bertz CT molecular complexity index is 759. The van der Waals surface area contributed by atoms with Gasteiger partial charge in [0, 0.05) is 16.5 Å². The number of carbonyl (C=O) groups excluding carboxylic acids is 1. The van der Waals surface area contributed by atoms with E-state index in [9.17, 15) is 23.7 Å². The van der Waals surface area contributed by atoms with Gasteiger partial charge in [0.05, 0.1) is 15.1 Å². The van der Waals surface area contributed by atoms with E-state index in [2.05, 4.69) is 21.2 Å². The summed E-state index contributed by atoms with van der Waals surface area (Å²) in [6.07, 6.45) is 0. The van der Waals surface area contributed by atoms with Crippen molar-refractivity contribution in [3.05, 3.63) is 62.6 Å². The molecule has 9 heteroatoms. The molecule has 0 bridgehead atoms. The van der Waals surface area contributed by atoms with Crippen LogP contribution in [0.4, 0.5) is 20.2 Å². The molecule has 0 aliphatic heterocycles. The summed E-state index contributed by atoms with van der Waals surface area (Å²) in [5.41, 5.74) is 0.0120. The number of thioether (sulfide) groups is 1. The van der Waals surface area contributed by atoms with Crippen molar-refractivity contribution >= 4 is 45.0 Å². The molecule has 0 fully saturated rings. The molecule has 0 saturated heterocycles. The predicted molar refractivity (Wildman–Crippen MR) is 87.1 cm³/mol. The van der Waals surface area contributed by atoms with E-state index in [-0.39, 0.29) is 26.3 Å². The zero-order chi connectivity index (χ0) is 17.0. The molecule has 0 heterocycles. The number of halogens is 3. The van der Waals surface area contributed by atoms with Gasteiger partial charge in [-0.2, -0.15) is 8.78 Å². The van der Waals surface area contributed by atoms with Crippen molar-refractivity contribution in [3.8, 4) is 0 Å². The number of nitrogens with one attached hydrogen (secondary N) is 1. The van der Waals surface area contributed by atoms with Gasteiger partial charge in [-0.15, -0.1) is 0 Å². The van der Waals surface area contributed by atoms with Crippen molar-refractivity contribution in [3.63, 3.8) is 0 Å². The summed E-state index contributed by atoms with van der Waals surface area (Å²) in [4.78, 5) is 22.7. The van der Waals surface area contributed by atoms with Gasteiger partial charge in [0.25, 0.3) is 17.4 Å². The fourth-order valence-corrected chi connectivity index (χ4v) is 2.74. The van der Waals surface area contributed by atoms with Crippen LogP contribution >= 0.6 is 27.7 Å². The minimum Gasteiger partial charge on any atom is -0.321 e. The van der Waals surface area contributed by atoms with E-state index < -0.39 is 16.6 Å². The van der Waals surface area contributed by atoms with Gasteiger partial charge in [0.15, 0.2) is 0 Å². The molecule has 2 rings (SSSR count). The SMILES string of the molecule is O=C(Nc1ccccc1SC(F)F)c1ccc(Br)c([N+](=O)[O-])c1. The van der Waals surface area contributed by atoms with Crippen molar-refractivity contribution in [2.45, 2.75) is 10.7 Å². The van der Waals surface area contributed by atoms with Crippen LogP contribution in [-0.2, 0) is 0 Å². The summed E-state index contributed by atoms with van der Waals surface area (Å²) in [6.45, 7) is 0. The lowest BCUT2D eigenvalue weighted by molar-refractivity contribution is -0.385. The Balaban J connectivity index is 2.26. The van der Waals surface area contributed by atoms with Crippen LogP contribution < -0.4 is 5.32 Å². The van der Waals surface area contributed by atoms with Crippen LogP contribution in [0, 0.1) is 10.1 Å². The van der Waals surface area contributed by atoms with Gasteiger partial charge in [0.1, 0.15) is 0 Å². The molecule has 5 nitrogen and oxygen atoms in total. The standard InChI is InChI=1S/C14H9BrF2N2O3S/c15-9-6-5-8(7-11(9)19(21)22)13(20)18-10-3-1-2-4-12(10)23-14(16)17/h1-7,14H,(H,18,20). The highest BCUT2D eigenvalue weighted by Crippen LogP contribution is 2.32. The minimum atomic E-state index is -2.62. The second kappa shape index (κ2) is 7.51. The lowest BCUT2D eigenvalue weighted by Gasteiger charge is -2.10. The molecule has 0 radical (unpaired) electrons. The van der Waals surface area contributed by atoms with Gasteiger partial charge in [-0.05, 0) is 40.2 Å². The smallest absolute Gasteiger partial charge is 0.288 e. The molecule has 0 aromatic heterocycles. The number of nitro groups is 1. The largest absolute Gasteiger partial charge is 0.321 e. The maximum Gasteiger partial charge on any atom is 0.288 e. The lowest BCUT2D eigenvalue weighted by Crippen LogP contribution is -2.13. The highest BCUT2D eigenvalue weighted by atomic mass is 79.9. The minimum absolute atomic E-state index is 0.0525. The highest BCUT2D eigenvalue weighted by Gasteiger charge is 2.17. The van der Waals surface area contributed by atoms with Gasteiger partial charge in [-0.25, -0.2) is 0 Å². The van der Waals surface area contributed by atoms with Crippen LogP contribution in [0.25, 0.3) is 0 Å². The number of hydrogen-bond acceptors (Lipinski definition) is 4. The Labute approximate surface area is 142 Å². The number of para-hydroxylation sites is 1. The first-order valence-corrected chi connectivity index (χ1v) is 7.85. The Morgan fingerprint density at radius 1 is 1.26 bits per heavy atom. The van der Waals surface area contributed by atoms with Gasteiger partial charge >= 0.3 is 0 Å². The summed E-state index contributed by atoms with van der Waals surface area (Å²) in [5, 5.41) is 13.4. The molecule has 0 aliphatic carbocycles. The van der Waals surface area contributed by atoms with E-state index in [1.165, 1.54) is 24.3 Å². The Morgan fingerprint density at radius 2 is 1.96 bits per heavy atom. The molecule has 0 spiro atoms. The first-order chi connectivity index (χ1) is 10.9. The second-order valence-corrected chi connectivity index (χ2v) is 6.14. The fraction of sp³-hybridized carbons (Fsp3) is 0.0714. The molecule has 0 atom stereocenters. The van der Waals surface area contributed by atoms with Crippen LogP contribution in [0.15, 0.2) is 51.8 Å². The average Bonchev–Trinajstić information content (AvgIpc) is 2.48. The third-order valence-electron chi connectivity index (χ3n) is 2.76. The number of alkyl halides is 2. The van der Waals surface area contributed by atoms with E-state index in [1.807, 2.05) is 0 Å². The van der Waals surface area contributed by atoms with Crippen molar-refractivity contribution < 1.29 is 18.5 Å². The second-order valence-electron chi connectivity index (χ2n) is 4.25. The van der Waals surface area contributed by atoms with E-state index in [4.69, 9.17) is 0 Å². The number of hydrogen-bond donors (Lipinski definition) is 1. The molecule has 23 heavy (non-hydrogen) atoms. The predicted octanol–water partition coefficient (Wildman–Crippen LogP) is 4.92. The Morgan fingerprint density at radius 3 is 2.61 bits per heavy atom. The number of nitrogens with zero attached hydrogens (tertiary/aromatic N) is 1. The fourth-order valence-electron chi connectivity index (χ4n) is 1.76. The quantitative estimate of drug-likeness (QED) is 0.437. The van der Waals surface area contributed by atoms with Crippen LogP contribution in [0.2, 0.25) is 0 Å². The van der Waals surface area contributed by atoms with E-state index in [1.54, 1.807) is 12.1 Å². The molecule has 0 unspecified atom stereocenters. The molecule has 0 saturated carbocycles. The van der Waals surface area contributed by atoms with Gasteiger partial charge in [0.2, 0.25) is 0 Å². The number of benzene rings is 2. The maximum absolute atomic E-state index is 12.5. The molecule has 1 amide bonds. The van der Waals surface area contributed by atoms with E-state index >= 15 is 0 Å². The average molecular weight is 403 g/mol. The Kier molecular flexibility index (Phi) is 5.67. The zero-order valence-corrected chi connectivity index (χ0v) is 13.7. The van der Waals surface area contributed by atoms with Crippen LogP contribution in [-0.4, -0.2) is 16.6 Å². The summed E-state index contributed by atoms with van der Waals surface area (Å²) in [7, 11) is 0. The van der Waals surface area contributed by atoms with Crippen LogP contribution in [0.5, 0.6) is 0 Å². The van der Waals surface area contributed by atoms with Crippen molar-refractivity contribution in [1.29, 1.82) is 0 Å². The number of amides is 1. The summed E-state index contributed by atoms with van der Waals surface area (Å²) < 4.78 is 25.3. The van der Waals surface area contributed by atoms with Crippen LogP contribution in [0.3, 0.4) is 0 Å². The molecular formula is C14H9BrF2N2O3S. The van der Waals surface area contributed by atoms with Crippen molar-refractivity contribution in [1.82, 2.24) is 0 Å². The third-order valence-corrected chi connectivity index (χ3v) is 4.22. The zero-order valence-electron chi connectivity index (χ0n) is 11.3. The number of anilines is 1. The van der Waals surface area contributed by atoms with Gasteiger partial charge in [-0.1, -0.05) is 23.9 Å². The van der Waals surface area contributed by atoms with Gasteiger partial charge < -0.3 is 5.32 Å². The molecule has 2 aromatic rings. The molecule has 2 aromatic carbocycles. The maximum atomic E-state index is 12.5. The monoisotopic (exact) mass is 402 g/mol. The number of rotatable bonds is 5.